The van der Waals surface area contributed by atoms with Gasteiger partial charge in [0, 0.05) is 4.88 Å². The summed E-state index contributed by atoms with van der Waals surface area (Å²) < 4.78 is 0. The summed E-state index contributed by atoms with van der Waals surface area (Å²) in [6.07, 6.45) is 4.92. The maximum atomic E-state index is 10.8. The van der Waals surface area contributed by atoms with Crippen LogP contribution in [0, 0.1) is 19.3 Å². The molecule has 0 unspecified atom stereocenters. The van der Waals surface area contributed by atoms with E-state index >= 15 is 0 Å². The van der Waals surface area contributed by atoms with Gasteiger partial charge < -0.3 is 0 Å². The zero-order chi connectivity index (χ0) is 7.56. The smallest absolute Gasteiger partial charge is 0.245 e. The molecule has 0 saturated heterocycles. The van der Waals surface area contributed by atoms with Crippen LogP contribution in [0.15, 0.2) is 12.1 Å². The second-order valence-electron chi connectivity index (χ2n) is 1.88. The average Bonchev–Trinajstić information content (AvgIpc) is 2.34. The summed E-state index contributed by atoms with van der Waals surface area (Å²) in [5.74, 6) is 1.84. The minimum Gasteiger partial charge on any atom is -0.278 e. The Hall–Kier alpha value is -1.07. The highest BCUT2D eigenvalue weighted by Gasteiger charge is 2.02. The Morgan fingerprint density at radius 2 is 2.40 bits per heavy atom. The fraction of sp³-hybridized carbons (Fsp3) is 0.125. The summed E-state index contributed by atoms with van der Waals surface area (Å²) >= 11 is 1.43. The molecule has 0 spiro atoms. The van der Waals surface area contributed by atoms with Crippen molar-refractivity contribution in [2.24, 2.45) is 0 Å². The van der Waals surface area contributed by atoms with Crippen LogP contribution in [0.5, 0.6) is 0 Å². The normalized spacial score (nSPS) is 8.80. The van der Waals surface area contributed by atoms with Gasteiger partial charge in [0.15, 0.2) is 0 Å². The van der Waals surface area contributed by atoms with E-state index in [1.807, 2.05) is 13.0 Å². The van der Waals surface area contributed by atoms with Gasteiger partial charge in [-0.25, -0.2) is 0 Å². The third-order valence-electron chi connectivity index (χ3n) is 1.10. The van der Waals surface area contributed by atoms with E-state index in [4.69, 9.17) is 6.42 Å². The molecule has 50 valence electrons. The van der Waals surface area contributed by atoms with Crippen molar-refractivity contribution in [2.45, 2.75) is 6.92 Å². The zero-order valence-corrected chi connectivity index (χ0v) is 6.37. The molecule has 0 radical (unpaired) electrons. The van der Waals surface area contributed by atoms with Crippen molar-refractivity contribution in [1.29, 1.82) is 0 Å². The van der Waals surface area contributed by atoms with E-state index in [1.165, 1.54) is 11.3 Å². The fourth-order valence-corrected chi connectivity index (χ4v) is 1.40. The molecule has 2 heteroatoms. The van der Waals surface area contributed by atoms with Gasteiger partial charge >= 0.3 is 0 Å². The molecule has 0 atom stereocenters. The molecule has 1 nitrogen and oxygen atoms in total. The molecule has 1 heterocycles. The Kier molecular flexibility index (Phi) is 1.88. The molecule has 0 amide bonds. The van der Waals surface area contributed by atoms with E-state index in [-0.39, 0.29) is 5.78 Å². The monoisotopic (exact) mass is 150 g/mol. The lowest BCUT2D eigenvalue weighted by atomic mass is 10.3. The number of Topliss-reactive ketones (excluding diaryl/α,β-unsaturated/α-hetero) is 1. The number of ketones is 1. The van der Waals surface area contributed by atoms with Gasteiger partial charge in [-0.2, -0.15) is 0 Å². The van der Waals surface area contributed by atoms with Crippen LogP contribution in [0.25, 0.3) is 0 Å². The standard InChI is InChI=1S/C8H6OS/c1-3-7(9)8-5-4-6(2)10-8/h1,4-5H,2H3. The third kappa shape index (κ3) is 1.26. The molecule has 0 aliphatic heterocycles. The van der Waals surface area contributed by atoms with E-state index < -0.39 is 0 Å². The van der Waals surface area contributed by atoms with Crippen molar-refractivity contribution in [2.75, 3.05) is 0 Å². The molecule has 0 aliphatic carbocycles. The second kappa shape index (κ2) is 2.68. The van der Waals surface area contributed by atoms with Gasteiger partial charge in [-0.05, 0) is 25.0 Å². The molecule has 0 bridgehead atoms. The predicted molar refractivity (Wildman–Crippen MR) is 42.2 cm³/mol. The summed E-state index contributed by atoms with van der Waals surface area (Å²) in [5, 5.41) is 0. The van der Waals surface area contributed by atoms with Gasteiger partial charge in [-0.15, -0.1) is 17.8 Å². The topological polar surface area (TPSA) is 17.1 Å². The van der Waals surface area contributed by atoms with E-state index in [9.17, 15) is 4.79 Å². The maximum absolute atomic E-state index is 10.8. The van der Waals surface area contributed by atoms with Crippen LogP contribution in [0.3, 0.4) is 0 Å². The number of carbonyl (C=O) groups excluding carboxylic acids is 1. The molecule has 0 fully saturated rings. The first-order valence-electron chi connectivity index (χ1n) is 2.81. The van der Waals surface area contributed by atoms with E-state index in [0.717, 1.165) is 4.88 Å². The summed E-state index contributed by atoms with van der Waals surface area (Å²) in [7, 11) is 0. The Balaban J connectivity index is 2.98. The lowest BCUT2D eigenvalue weighted by molar-refractivity contribution is 0.106. The Morgan fingerprint density at radius 1 is 1.70 bits per heavy atom. The van der Waals surface area contributed by atoms with Crippen LogP contribution in [0.1, 0.15) is 14.5 Å². The lowest BCUT2D eigenvalue weighted by Crippen LogP contribution is -1.87. The highest BCUT2D eigenvalue weighted by molar-refractivity contribution is 7.14. The summed E-state index contributed by atoms with van der Waals surface area (Å²) in [4.78, 5) is 12.6. The lowest BCUT2D eigenvalue weighted by Gasteiger charge is -1.80. The first-order valence-corrected chi connectivity index (χ1v) is 3.63. The quantitative estimate of drug-likeness (QED) is 0.339. The summed E-state index contributed by atoms with van der Waals surface area (Å²) in [6.45, 7) is 1.94. The van der Waals surface area contributed by atoms with Crippen molar-refractivity contribution >= 4 is 17.1 Å². The van der Waals surface area contributed by atoms with E-state index in [1.54, 1.807) is 6.07 Å². The van der Waals surface area contributed by atoms with E-state index in [0.29, 0.717) is 4.88 Å². The predicted octanol–water partition coefficient (Wildman–Crippen LogP) is 1.87. The third-order valence-corrected chi connectivity index (χ3v) is 2.09. The van der Waals surface area contributed by atoms with Gasteiger partial charge in [-0.1, -0.05) is 0 Å². The summed E-state index contributed by atoms with van der Waals surface area (Å²) in [6, 6.07) is 3.64. The van der Waals surface area contributed by atoms with Crippen LogP contribution in [0.2, 0.25) is 0 Å². The molecule has 0 aromatic carbocycles. The van der Waals surface area contributed by atoms with Gasteiger partial charge in [-0.3, -0.25) is 4.79 Å². The highest BCUT2D eigenvalue weighted by Crippen LogP contribution is 2.14. The molecule has 1 rings (SSSR count). The summed E-state index contributed by atoms with van der Waals surface area (Å²) in [5.41, 5.74) is 0. The van der Waals surface area contributed by atoms with Crippen LogP contribution in [-0.2, 0) is 0 Å². The van der Waals surface area contributed by atoms with E-state index in [2.05, 4.69) is 5.92 Å². The number of rotatable bonds is 1. The minimum absolute atomic E-state index is 0.224. The SMILES string of the molecule is C#CC(=O)c1ccc(C)s1. The van der Waals surface area contributed by atoms with Crippen molar-refractivity contribution < 1.29 is 4.79 Å². The van der Waals surface area contributed by atoms with Gasteiger partial charge in [0.2, 0.25) is 5.78 Å². The minimum atomic E-state index is -0.224. The van der Waals surface area contributed by atoms with Crippen LogP contribution in [0.4, 0.5) is 0 Å². The Labute approximate surface area is 63.7 Å². The molecule has 0 N–H and O–H groups in total. The molecular weight excluding hydrogens is 144 g/mol. The molecule has 1 aromatic heterocycles. The first-order chi connectivity index (χ1) is 4.74. The van der Waals surface area contributed by atoms with Gasteiger partial charge in [0.1, 0.15) is 0 Å². The second-order valence-corrected chi connectivity index (χ2v) is 3.17. The number of carbonyl (C=O) groups is 1. The number of aryl methyl sites for hydroxylation is 1. The van der Waals surface area contributed by atoms with Gasteiger partial charge in [0.05, 0.1) is 4.88 Å². The molecular formula is C8H6OS. The molecule has 10 heavy (non-hydrogen) atoms. The number of terminal acetylenes is 1. The van der Waals surface area contributed by atoms with Crippen LogP contribution in [-0.4, -0.2) is 5.78 Å². The highest BCUT2D eigenvalue weighted by atomic mass is 32.1. The molecule has 0 saturated carbocycles. The van der Waals surface area contributed by atoms with Crippen LogP contribution < -0.4 is 0 Å². The van der Waals surface area contributed by atoms with Crippen LogP contribution >= 0.6 is 11.3 Å². The number of hydrogen-bond donors (Lipinski definition) is 0. The first kappa shape index (κ1) is 7.04. The largest absolute Gasteiger partial charge is 0.278 e. The molecule has 1 aromatic rings. The van der Waals surface area contributed by atoms with Crippen molar-refractivity contribution in [3.8, 4) is 12.3 Å². The van der Waals surface area contributed by atoms with Crippen molar-refractivity contribution in [3.05, 3.63) is 21.9 Å². The van der Waals surface area contributed by atoms with Gasteiger partial charge in [0.25, 0.3) is 0 Å². The number of thiophene rings is 1. The number of hydrogen-bond acceptors (Lipinski definition) is 2. The van der Waals surface area contributed by atoms with Crippen molar-refractivity contribution in [3.63, 3.8) is 0 Å². The Morgan fingerprint density at radius 3 is 2.80 bits per heavy atom. The molecule has 0 aliphatic rings. The Bertz CT molecular complexity index is 290. The maximum Gasteiger partial charge on any atom is 0.245 e. The average molecular weight is 150 g/mol. The fourth-order valence-electron chi connectivity index (χ4n) is 0.628. The van der Waals surface area contributed by atoms with Crippen molar-refractivity contribution in [1.82, 2.24) is 0 Å². The zero-order valence-electron chi connectivity index (χ0n) is 5.55.